The van der Waals surface area contributed by atoms with Gasteiger partial charge >= 0.3 is 0 Å². The quantitative estimate of drug-likeness (QED) is 0.481. The largest absolute Gasteiger partial charge is 0.504 e. The molecule has 1 heterocycles. The molecule has 0 radical (unpaired) electrons. The zero-order valence-corrected chi connectivity index (χ0v) is 20.7. The fourth-order valence-electron chi connectivity index (χ4n) is 4.02. The molecule has 1 saturated heterocycles. The number of phenolic OH excluding ortho intramolecular Hbond substituents is 1. The van der Waals surface area contributed by atoms with Gasteiger partial charge in [-0.25, -0.2) is 8.42 Å². The molecule has 2 aromatic carbocycles. The monoisotopic (exact) mass is 496 g/mol. The maximum absolute atomic E-state index is 12.8. The number of hydrogen-bond donors (Lipinski definition) is 2. The van der Waals surface area contributed by atoms with Crippen LogP contribution in [-0.2, 0) is 14.6 Å². The average molecular weight is 497 g/mol. The van der Waals surface area contributed by atoms with E-state index >= 15 is 0 Å². The van der Waals surface area contributed by atoms with Gasteiger partial charge in [0.05, 0.1) is 52.5 Å². The van der Waals surface area contributed by atoms with E-state index in [0.29, 0.717) is 42.1 Å². The third kappa shape index (κ3) is 5.34. The second-order valence-electron chi connectivity index (χ2n) is 7.91. The number of phenols is 1. The molecule has 0 bridgehead atoms. The van der Waals surface area contributed by atoms with Crippen molar-refractivity contribution >= 4 is 9.84 Å². The van der Waals surface area contributed by atoms with Crippen LogP contribution in [0.5, 0.6) is 28.7 Å². The Balaban J connectivity index is 1.95. The van der Waals surface area contributed by atoms with Crippen LogP contribution in [0.25, 0.3) is 0 Å². The number of hydrogen-bond acceptors (Lipinski definition) is 9. The first-order chi connectivity index (χ1) is 16.3. The van der Waals surface area contributed by atoms with Crippen molar-refractivity contribution in [1.29, 1.82) is 0 Å². The van der Waals surface area contributed by atoms with Crippen LogP contribution in [0.4, 0.5) is 0 Å². The Hall–Kier alpha value is -2.69. The summed E-state index contributed by atoms with van der Waals surface area (Å²) in [4.78, 5) is -0.148. The number of aliphatic hydroxyl groups is 1. The van der Waals surface area contributed by atoms with Gasteiger partial charge in [-0.05, 0) is 54.7 Å². The summed E-state index contributed by atoms with van der Waals surface area (Å²) in [6, 6.07) is 6.60. The highest BCUT2D eigenvalue weighted by Crippen LogP contribution is 2.47. The van der Waals surface area contributed by atoms with Crippen LogP contribution in [0.2, 0.25) is 0 Å². The van der Waals surface area contributed by atoms with E-state index in [1.165, 1.54) is 19.2 Å². The van der Waals surface area contributed by atoms with Crippen molar-refractivity contribution < 1.29 is 42.3 Å². The van der Waals surface area contributed by atoms with E-state index in [1.807, 2.05) is 19.1 Å². The van der Waals surface area contributed by atoms with Gasteiger partial charge in [-0.15, -0.1) is 0 Å². The number of benzene rings is 2. The fourth-order valence-corrected chi connectivity index (χ4v) is 5.24. The Morgan fingerprint density at radius 1 is 0.941 bits per heavy atom. The Morgan fingerprint density at radius 2 is 1.53 bits per heavy atom. The van der Waals surface area contributed by atoms with Crippen LogP contribution in [-0.4, -0.2) is 58.9 Å². The van der Waals surface area contributed by atoms with E-state index in [4.69, 9.17) is 23.7 Å². The molecule has 1 aliphatic rings. The van der Waals surface area contributed by atoms with E-state index in [1.54, 1.807) is 14.2 Å². The summed E-state index contributed by atoms with van der Waals surface area (Å²) in [5, 5.41) is 19.8. The molecule has 0 spiro atoms. The predicted octanol–water partition coefficient (Wildman–Crippen LogP) is 3.57. The summed E-state index contributed by atoms with van der Waals surface area (Å²) in [5.74, 6) is 0.653. The highest BCUT2D eigenvalue weighted by Gasteiger charge is 2.32. The lowest BCUT2D eigenvalue weighted by Crippen LogP contribution is -2.13. The Labute approximate surface area is 200 Å². The number of aromatic hydroxyl groups is 1. The van der Waals surface area contributed by atoms with Crippen LogP contribution in [0.3, 0.4) is 0 Å². The lowest BCUT2D eigenvalue weighted by molar-refractivity contribution is 0.0435. The predicted molar refractivity (Wildman–Crippen MR) is 125 cm³/mol. The fraction of sp³-hybridized carbons (Fsp3) is 0.500. The van der Waals surface area contributed by atoms with Crippen molar-refractivity contribution in [3.63, 3.8) is 0 Å². The molecule has 9 nitrogen and oxygen atoms in total. The van der Waals surface area contributed by atoms with Crippen molar-refractivity contribution in [2.75, 3.05) is 40.3 Å². The lowest BCUT2D eigenvalue weighted by Gasteiger charge is -2.20. The smallest absolute Gasteiger partial charge is 0.203 e. The number of methoxy groups -OCH3 is 3. The van der Waals surface area contributed by atoms with Gasteiger partial charge in [0.1, 0.15) is 4.90 Å². The van der Waals surface area contributed by atoms with Gasteiger partial charge in [-0.2, -0.15) is 0 Å². The first kappa shape index (κ1) is 25.9. The van der Waals surface area contributed by atoms with Gasteiger partial charge < -0.3 is 33.9 Å². The molecule has 188 valence electrons. The van der Waals surface area contributed by atoms with Crippen LogP contribution in [0.15, 0.2) is 29.2 Å². The van der Waals surface area contributed by atoms with Gasteiger partial charge in [0.2, 0.25) is 5.75 Å². The molecule has 1 aliphatic heterocycles. The number of ether oxygens (including phenoxy) is 5. The molecule has 0 unspecified atom stereocenters. The summed E-state index contributed by atoms with van der Waals surface area (Å²) in [7, 11) is 0.738. The first-order valence-corrected chi connectivity index (χ1v) is 12.7. The third-order valence-electron chi connectivity index (χ3n) is 5.65. The minimum atomic E-state index is -3.87. The topological polar surface area (TPSA) is 121 Å². The number of aliphatic hydroxyl groups excluding tert-OH is 1. The molecule has 0 amide bonds. The average Bonchev–Trinajstić information content (AvgIpc) is 3.32. The van der Waals surface area contributed by atoms with Gasteiger partial charge in [-0.1, -0.05) is 6.92 Å². The molecule has 0 aliphatic carbocycles. The minimum Gasteiger partial charge on any atom is -0.504 e. The Kier molecular flexibility index (Phi) is 8.51. The first-order valence-electron chi connectivity index (χ1n) is 11.1. The number of sulfone groups is 1. The highest BCUT2D eigenvalue weighted by atomic mass is 32.2. The molecule has 3 rings (SSSR count). The highest BCUT2D eigenvalue weighted by molar-refractivity contribution is 7.91. The molecule has 2 N–H and O–H groups in total. The lowest BCUT2D eigenvalue weighted by atomic mass is 10.0. The third-order valence-corrected chi connectivity index (χ3v) is 7.35. The van der Waals surface area contributed by atoms with E-state index in [9.17, 15) is 18.6 Å². The summed E-state index contributed by atoms with van der Waals surface area (Å²) >= 11 is 0. The van der Waals surface area contributed by atoms with Crippen LogP contribution >= 0.6 is 0 Å². The van der Waals surface area contributed by atoms with Crippen molar-refractivity contribution in [1.82, 2.24) is 0 Å². The zero-order chi connectivity index (χ0) is 24.9. The summed E-state index contributed by atoms with van der Waals surface area (Å²) in [6.07, 6.45) is 1.17. The van der Waals surface area contributed by atoms with Crippen LogP contribution in [0.1, 0.15) is 49.5 Å². The van der Waals surface area contributed by atoms with Gasteiger partial charge in [0, 0.05) is 0 Å². The van der Waals surface area contributed by atoms with E-state index < -0.39 is 28.3 Å². The molecule has 0 aromatic heterocycles. The molecule has 0 saturated carbocycles. The van der Waals surface area contributed by atoms with E-state index in [2.05, 4.69) is 0 Å². The molecule has 2 aromatic rings. The molecule has 10 heteroatoms. The normalized spacial score (nSPS) is 18.0. The van der Waals surface area contributed by atoms with E-state index in [-0.39, 0.29) is 29.1 Å². The summed E-state index contributed by atoms with van der Waals surface area (Å²) < 4.78 is 53.6. The minimum absolute atomic E-state index is 0.0989. The van der Waals surface area contributed by atoms with Crippen molar-refractivity contribution in [3.05, 3.63) is 35.4 Å². The van der Waals surface area contributed by atoms with E-state index in [0.717, 1.165) is 5.56 Å². The van der Waals surface area contributed by atoms with Gasteiger partial charge in [-0.3, -0.25) is 0 Å². The summed E-state index contributed by atoms with van der Waals surface area (Å²) in [5.41, 5.74) is 1.35. The summed E-state index contributed by atoms with van der Waals surface area (Å²) in [6.45, 7) is 1.59. The molecule has 1 fully saturated rings. The SMILES string of the molecule is CCCOc1c(O)cc([C@H]2CC[C@H](c3cc(OC)c(OC)c(OC)c3)O2)cc1S(=O)(=O)CCO. The standard InChI is InChI=1S/C24H32O9S/c1-5-9-32-23-17(26)11-15(14-22(23)34(27,28)10-8-25)18-6-7-19(33-18)16-12-20(29-2)24(31-4)21(13-16)30-3/h11-14,18-19,25-26H,5-10H2,1-4H3/t18-,19-/m1/s1. The van der Waals surface area contributed by atoms with Crippen LogP contribution < -0.4 is 18.9 Å². The zero-order valence-electron chi connectivity index (χ0n) is 19.9. The molecule has 34 heavy (non-hydrogen) atoms. The second-order valence-corrected chi connectivity index (χ2v) is 9.99. The second kappa shape index (κ2) is 11.2. The van der Waals surface area contributed by atoms with Gasteiger partial charge in [0.25, 0.3) is 0 Å². The molecular formula is C24H32O9S. The maximum Gasteiger partial charge on any atom is 0.203 e. The molecular weight excluding hydrogens is 464 g/mol. The van der Waals surface area contributed by atoms with Crippen molar-refractivity contribution in [2.45, 2.75) is 43.3 Å². The maximum atomic E-state index is 12.8. The Bertz CT molecular complexity index is 1070. The van der Waals surface area contributed by atoms with Crippen LogP contribution in [0, 0.1) is 0 Å². The molecule has 2 atom stereocenters. The Morgan fingerprint density at radius 3 is 2.03 bits per heavy atom. The van der Waals surface area contributed by atoms with Gasteiger partial charge in [0.15, 0.2) is 32.8 Å². The van der Waals surface area contributed by atoms with Crippen molar-refractivity contribution in [2.24, 2.45) is 0 Å². The van der Waals surface area contributed by atoms with Crippen molar-refractivity contribution in [3.8, 4) is 28.7 Å². The number of rotatable bonds is 11.